The second-order valence-electron chi connectivity index (χ2n) is 4.71. The first-order chi connectivity index (χ1) is 10.6. The van der Waals surface area contributed by atoms with Crippen molar-refractivity contribution in [2.45, 2.75) is 13.0 Å². The van der Waals surface area contributed by atoms with Crippen molar-refractivity contribution in [3.8, 4) is 5.75 Å². The van der Waals surface area contributed by atoms with Gasteiger partial charge >= 0.3 is 0 Å². The van der Waals surface area contributed by atoms with Gasteiger partial charge in [0.25, 0.3) is 5.91 Å². The topological polar surface area (TPSA) is 60.5 Å². The average Bonchev–Trinajstić information content (AvgIpc) is 2.51. The molecule has 0 aliphatic heterocycles. The van der Waals surface area contributed by atoms with Crippen molar-refractivity contribution in [3.05, 3.63) is 53.3 Å². The SMILES string of the molecule is COC[C@@H](C)Oc1ccc(Cl)cc1NC(=O)c1ccncc1. The van der Waals surface area contributed by atoms with Gasteiger partial charge in [-0.3, -0.25) is 9.78 Å². The van der Waals surface area contributed by atoms with E-state index in [0.717, 1.165) is 0 Å². The number of amides is 1. The molecule has 1 heterocycles. The van der Waals surface area contributed by atoms with Gasteiger partial charge < -0.3 is 14.8 Å². The maximum Gasteiger partial charge on any atom is 0.255 e. The average molecular weight is 321 g/mol. The highest BCUT2D eigenvalue weighted by molar-refractivity contribution is 6.31. The van der Waals surface area contributed by atoms with Gasteiger partial charge in [-0.2, -0.15) is 0 Å². The summed E-state index contributed by atoms with van der Waals surface area (Å²) in [6.07, 6.45) is 2.97. The van der Waals surface area contributed by atoms with E-state index in [9.17, 15) is 4.79 Å². The highest BCUT2D eigenvalue weighted by atomic mass is 35.5. The lowest BCUT2D eigenvalue weighted by Gasteiger charge is -2.17. The number of rotatable bonds is 6. The van der Waals surface area contributed by atoms with E-state index < -0.39 is 0 Å². The van der Waals surface area contributed by atoms with Crippen LogP contribution in [0.1, 0.15) is 17.3 Å². The molecule has 1 amide bonds. The number of carbonyl (C=O) groups excluding carboxylic acids is 1. The highest BCUT2D eigenvalue weighted by Crippen LogP contribution is 2.29. The number of hydrogen-bond acceptors (Lipinski definition) is 4. The Hall–Kier alpha value is -2.11. The van der Waals surface area contributed by atoms with Crippen LogP contribution in [-0.4, -0.2) is 30.7 Å². The Balaban J connectivity index is 2.18. The Morgan fingerprint density at radius 1 is 1.32 bits per heavy atom. The molecular formula is C16H17ClN2O3. The first-order valence-corrected chi connectivity index (χ1v) is 7.14. The fourth-order valence-corrected chi connectivity index (χ4v) is 2.06. The van der Waals surface area contributed by atoms with Gasteiger partial charge in [0.15, 0.2) is 0 Å². The third kappa shape index (κ3) is 4.44. The molecule has 0 spiro atoms. The van der Waals surface area contributed by atoms with Crippen LogP contribution in [0.5, 0.6) is 5.75 Å². The summed E-state index contributed by atoms with van der Waals surface area (Å²) in [6.45, 7) is 2.33. The van der Waals surface area contributed by atoms with E-state index in [4.69, 9.17) is 21.1 Å². The lowest BCUT2D eigenvalue weighted by molar-refractivity contribution is 0.0921. The maximum atomic E-state index is 12.2. The summed E-state index contributed by atoms with van der Waals surface area (Å²) in [5.41, 5.74) is 1.02. The van der Waals surface area contributed by atoms with Gasteiger partial charge in [0.2, 0.25) is 0 Å². The molecule has 0 fully saturated rings. The molecule has 0 aliphatic rings. The molecule has 1 atom stereocenters. The Morgan fingerprint density at radius 3 is 2.73 bits per heavy atom. The van der Waals surface area contributed by atoms with Crippen LogP contribution in [-0.2, 0) is 4.74 Å². The zero-order valence-electron chi connectivity index (χ0n) is 12.4. The third-order valence-electron chi connectivity index (χ3n) is 2.86. The molecule has 5 nitrogen and oxygen atoms in total. The zero-order chi connectivity index (χ0) is 15.9. The fourth-order valence-electron chi connectivity index (χ4n) is 1.89. The first kappa shape index (κ1) is 16.3. The van der Waals surface area contributed by atoms with E-state index >= 15 is 0 Å². The van der Waals surface area contributed by atoms with E-state index in [-0.39, 0.29) is 12.0 Å². The lowest BCUT2D eigenvalue weighted by Crippen LogP contribution is -2.19. The summed E-state index contributed by atoms with van der Waals surface area (Å²) in [5, 5.41) is 3.31. The minimum Gasteiger partial charge on any atom is -0.486 e. The van der Waals surface area contributed by atoms with Crippen LogP contribution in [0, 0.1) is 0 Å². The van der Waals surface area contributed by atoms with Gasteiger partial charge in [-0.1, -0.05) is 11.6 Å². The van der Waals surface area contributed by atoms with Crippen LogP contribution < -0.4 is 10.1 Å². The molecule has 0 radical (unpaired) electrons. The number of ether oxygens (including phenoxy) is 2. The number of hydrogen-bond donors (Lipinski definition) is 1. The van der Waals surface area contributed by atoms with Crippen molar-refractivity contribution >= 4 is 23.2 Å². The molecule has 0 bridgehead atoms. The molecule has 0 saturated heterocycles. The zero-order valence-corrected chi connectivity index (χ0v) is 13.1. The van der Waals surface area contributed by atoms with Crippen LogP contribution in [0.3, 0.4) is 0 Å². The van der Waals surface area contributed by atoms with Crippen molar-refractivity contribution in [2.75, 3.05) is 19.0 Å². The summed E-state index contributed by atoms with van der Waals surface area (Å²) >= 11 is 6.00. The number of benzene rings is 1. The molecule has 22 heavy (non-hydrogen) atoms. The summed E-state index contributed by atoms with van der Waals surface area (Å²) in [5.74, 6) is 0.283. The van der Waals surface area contributed by atoms with Crippen molar-refractivity contribution in [2.24, 2.45) is 0 Å². The van der Waals surface area contributed by atoms with E-state index in [1.807, 2.05) is 6.92 Å². The second kappa shape index (κ2) is 7.77. The maximum absolute atomic E-state index is 12.2. The van der Waals surface area contributed by atoms with Crippen LogP contribution in [0.15, 0.2) is 42.7 Å². The highest BCUT2D eigenvalue weighted by Gasteiger charge is 2.13. The van der Waals surface area contributed by atoms with Gasteiger partial charge in [-0.15, -0.1) is 0 Å². The molecule has 1 aromatic carbocycles. The molecule has 116 valence electrons. The smallest absolute Gasteiger partial charge is 0.255 e. The number of nitrogens with one attached hydrogen (secondary N) is 1. The van der Waals surface area contributed by atoms with E-state index in [1.165, 1.54) is 0 Å². The molecule has 1 aromatic heterocycles. The molecule has 0 aliphatic carbocycles. The van der Waals surface area contributed by atoms with Crippen LogP contribution in [0.25, 0.3) is 0 Å². The predicted molar refractivity (Wildman–Crippen MR) is 85.6 cm³/mol. The van der Waals surface area contributed by atoms with E-state index in [0.29, 0.717) is 28.6 Å². The Kier molecular flexibility index (Phi) is 5.75. The van der Waals surface area contributed by atoms with Gasteiger partial charge in [0.05, 0.1) is 12.3 Å². The number of anilines is 1. The second-order valence-corrected chi connectivity index (χ2v) is 5.15. The number of nitrogens with zero attached hydrogens (tertiary/aromatic N) is 1. The fraction of sp³-hybridized carbons (Fsp3) is 0.250. The van der Waals surface area contributed by atoms with Crippen LogP contribution >= 0.6 is 11.6 Å². The summed E-state index contributed by atoms with van der Waals surface area (Å²) in [6, 6.07) is 8.34. The van der Waals surface area contributed by atoms with Crippen molar-refractivity contribution in [1.82, 2.24) is 4.98 Å². The number of methoxy groups -OCH3 is 1. The molecule has 0 unspecified atom stereocenters. The number of carbonyl (C=O) groups is 1. The molecular weight excluding hydrogens is 304 g/mol. The molecule has 2 rings (SSSR count). The first-order valence-electron chi connectivity index (χ1n) is 6.76. The predicted octanol–water partition coefficient (Wildman–Crippen LogP) is 3.40. The van der Waals surface area contributed by atoms with Crippen molar-refractivity contribution < 1.29 is 14.3 Å². The number of pyridine rings is 1. The Labute approximate surface area is 134 Å². The van der Waals surface area contributed by atoms with Gasteiger partial charge in [-0.25, -0.2) is 0 Å². The van der Waals surface area contributed by atoms with Crippen molar-refractivity contribution in [1.29, 1.82) is 0 Å². The molecule has 1 N–H and O–H groups in total. The minimum absolute atomic E-state index is 0.150. The summed E-state index contributed by atoms with van der Waals surface area (Å²) < 4.78 is 10.8. The molecule has 0 saturated carbocycles. The van der Waals surface area contributed by atoms with E-state index in [2.05, 4.69) is 10.3 Å². The largest absolute Gasteiger partial charge is 0.486 e. The van der Waals surface area contributed by atoms with E-state index in [1.54, 1.807) is 49.8 Å². The standard InChI is InChI=1S/C16H17ClN2O3/c1-11(10-21-2)22-15-4-3-13(17)9-14(15)19-16(20)12-5-7-18-8-6-12/h3-9,11H,10H2,1-2H3,(H,19,20)/t11-/m1/s1. The van der Waals surface area contributed by atoms with Gasteiger partial charge in [-0.05, 0) is 37.3 Å². The summed E-state index contributed by atoms with van der Waals surface area (Å²) in [4.78, 5) is 16.1. The molecule has 6 heteroatoms. The summed E-state index contributed by atoms with van der Waals surface area (Å²) in [7, 11) is 1.61. The third-order valence-corrected chi connectivity index (χ3v) is 3.10. The Morgan fingerprint density at radius 2 is 2.05 bits per heavy atom. The number of halogens is 1. The van der Waals surface area contributed by atoms with Crippen LogP contribution in [0.4, 0.5) is 5.69 Å². The molecule has 2 aromatic rings. The monoisotopic (exact) mass is 320 g/mol. The van der Waals surface area contributed by atoms with Crippen LogP contribution in [0.2, 0.25) is 5.02 Å². The van der Waals surface area contributed by atoms with Crippen molar-refractivity contribution in [3.63, 3.8) is 0 Å². The van der Waals surface area contributed by atoms with Gasteiger partial charge in [0.1, 0.15) is 11.9 Å². The quantitative estimate of drug-likeness (QED) is 0.886. The minimum atomic E-state index is -0.256. The van der Waals surface area contributed by atoms with Gasteiger partial charge in [0, 0.05) is 30.1 Å². The lowest BCUT2D eigenvalue weighted by atomic mass is 10.2. The Bertz CT molecular complexity index is 635. The normalized spacial score (nSPS) is 11.8. The number of aromatic nitrogens is 1.